The molecular weight excluding hydrogens is 240 g/mol. The third kappa shape index (κ3) is 1.98. The largest absolute Gasteiger partial charge is 0.443 e. The van der Waals surface area contributed by atoms with E-state index in [0.29, 0.717) is 22.0 Å². The summed E-state index contributed by atoms with van der Waals surface area (Å²) in [7, 11) is 0. The van der Waals surface area contributed by atoms with Gasteiger partial charge in [0.25, 0.3) is 0 Å². The minimum Gasteiger partial charge on any atom is -0.443 e. The molecule has 2 nitrogen and oxygen atoms in total. The standard InChI is InChI=1S/C10H6Cl2FNO/c11-4-9-10(15-5-14-9)7-2-1-6(12)3-8(7)13/h1-3,5H,4H2. The summed E-state index contributed by atoms with van der Waals surface area (Å²) in [5, 5.41) is 0.336. The Balaban J connectivity index is 2.54. The molecule has 0 saturated carbocycles. The Hall–Kier alpha value is -1.06. The second-order valence-electron chi connectivity index (χ2n) is 2.89. The van der Waals surface area contributed by atoms with E-state index in [0.717, 1.165) is 0 Å². The van der Waals surface area contributed by atoms with Crippen molar-refractivity contribution in [2.75, 3.05) is 0 Å². The van der Waals surface area contributed by atoms with Crippen LogP contribution in [0.4, 0.5) is 4.39 Å². The predicted molar refractivity (Wildman–Crippen MR) is 56.5 cm³/mol. The molecule has 15 heavy (non-hydrogen) atoms. The number of hydrogen-bond donors (Lipinski definition) is 0. The second-order valence-corrected chi connectivity index (χ2v) is 3.59. The van der Waals surface area contributed by atoms with Gasteiger partial charge in [0.15, 0.2) is 12.2 Å². The van der Waals surface area contributed by atoms with Crippen molar-refractivity contribution in [3.63, 3.8) is 0 Å². The predicted octanol–water partition coefficient (Wildman–Crippen LogP) is 3.87. The first-order valence-electron chi connectivity index (χ1n) is 4.16. The van der Waals surface area contributed by atoms with Crippen molar-refractivity contribution in [3.05, 3.63) is 41.1 Å². The molecule has 1 aromatic carbocycles. The van der Waals surface area contributed by atoms with Gasteiger partial charge in [-0.2, -0.15) is 0 Å². The molecule has 0 saturated heterocycles. The quantitative estimate of drug-likeness (QED) is 0.751. The third-order valence-electron chi connectivity index (χ3n) is 1.94. The van der Waals surface area contributed by atoms with Crippen LogP contribution in [-0.4, -0.2) is 4.98 Å². The average Bonchev–Trinajstić information content (AvgIpc) is 2.65. The molecule has 1 heterocycles. The molecule has 1 aromatic heterocycles. The second kappa shape index (κ2) is 4.21. The summed E-state index contributed by atoms with van der Waals surface area (Å²) in [6.45, 7) is 0. The highest BCUT2D eigenvalue weighted by Gasteiger charge is 2.14. The lowest BCUT2D eigenvalue weighted by atomic mass is 10.1. The van der Waals surface area contributed by atoms with E-state index in [1.54, 1.807) is 6.07 Å². The first kappa shape index (κ1) is 10.5. The van der Waals surface area contributed by atoms with Gasteiger partial charge >= 0.3 is 0 Å². The molecule has 5 heteroatoms. The molecule has 2 rings (SSSR count). The van der Waals surface area contributed by atoms with Crippen molar-refractivity contribution in [3.8, 4) is 11.3 Å². The smallest absolute Gasteiger partial charge is 0.181 e. The fraction of sp³-hybridized carbons (Fsp3) is 0.100. The fourth-order valence-electron chi connectivity index (χ4n) is 1.26. The van der Waals surface area contributed by atoms with Crippen molar-refractivity contribution >= 4 is 23.2 Å². The highest BCUT2D eigenvalue weighted by molar-refractivity contribution is 6.30. The number of oxazole rings is 1. The zero-order chi connectivity index (χ0) is 10.8. The molecule has 0 atom stereocenters. The summed E-state index contributed by atoms with van der Waals surface area (Å²) in [4.78, 5) is 3.88. The van der Waals surface area contributed by atoms with Crippen LogP contribution in [0.5, 0.6) is 0 Å². The van der Waals surface area contributed by atoms with Gasteiger partial charge in [0.05, 0.1) is 11.4 Å². The van der Waals surface area contributed by atoms with Crippen LogP contribution in [-0.2, 0) is 5.88 Å². The number of alkyl halides is 1. The topological polar surface area (TPSA) is 26.0 Å². The Morgan fingerprint density at radius 1 is 1.40 bits per heavy atom. The van der Waals surface area contributed by atoms with Crippen LogP contribution in [0.3, 0.4) is 0 Å². The molecule has 0 spiro atoms. The van der Waals surface area contributed by atoms with E-state index in [1.807, 2.05) is 0 Å². The van der Waals surface area contributed by atoms with Crippen LogP contribution in [0, 0.1) is 5.82 Å². The van der Waals surface area contributed by atoms with Crippen LogP contribution < -0.4 is 0 Å². The zero-order valence-electron chi connectivity index (χ0n) is 7.51. The van der Waals surface area contributed by atoms with Gasteiger partial charge in [-0.25, -0.2) is 9.37 Å². The number of nitrogens with zero attached hydrogens (tertiary/aromatic N) is 1. The maximum Gasteiger partial charge on any atom is 0.181 e. The molecule has 0 aliphatic carbocycles. The third-order valence-corrected chi connectivity index (χ3v) is 2.43. The molecular formula is C10H6Cl2FNO. The lowest BCUT2D eigenvalue weighted by Gasteiger charge is -2.00. The van der Waals surface area contributed by atoms with E-state index < -0.39 is 5.82 Å². The van der Waals surface area contributed by atoms with Crippen molar-refractivity contribution in [1.29, 1.82) is 0 Å². The van der Waals surface area contributed by atoms with E-state index in [2.05, 4.69) is 4.98 Å². The Morgan fingerprint density at radius 2 is 2.20 bits per heavy atom. The number of halogens is 3. The Morgan fingerprint density at radius 3 is 2.87 bits per heavy atom. The van der Waals surface area contributed by atoms with Crippen molar-refractivity contribution < 1.29 is 8.81 Å². The van der Waals surface area contributed by atoms with Crippen LogP contribution >= 0.6 is 23.2 Å². The molecule has 0 unspecified atom stereocenters. The normalized spacial score (nSPS) is 10.6. The number of hydrogen-bond acceptors (Lipinski definition) is 2. The summed E-state index contributed by atoms with van der Waals surface area (Å²) in [5.74, 6) is 0.0678. The van der Waals surface area contributed by atoms with E-state index in [4.69, 9.17) is 27.6 Å². The van der Waals surface area contributed by atoms with Crippen molar-refractivity contribution in [2.24, 2.45) is 0 Å². The number of benzene rings is 1. The lowest BCUT2D eigenvalue weighted by Crippen LogP contribution is -1.87. The van der Waals surface area contributed by atoms with Gasteiger partial charge in [-0.05, 0) is 18.2 Å². The summed E-state index contributed by atoms with van der Waals surface area (Å²) in [6.07, 6.45) is 1.24. The van der Waals surface area contributed by atoms with Crippen LogP contribution in [0.15, 0.2) is 29.0 Å². The van der Waals surface area contributed by atoms with Gasteiger partial charge in [0.2, 0.25) is 0 Å². The maximum atomic E-state index is 13.5. The zero-order valence-corrected chi connectivity index (χ0v) is 9.02. The summed E-state index contributed by atoms with van der Waals surface area (Å²) in [5.41, 5.74) is 0.824. The fourth-order valence-corrected chi connectivity index (χ4v) is 1.61. The van der Waals surface area contributed by atoms with Crippen LogP contribution in [0.2, 0.25) is 5.02 Å². The van der Waals surface area contributed by atoms with Gasteiger partial charge < -0.3 is 4.42 Å². The van der Waals surface area contributed by atoms with Gasteiger partial charge in [0, 0.05) is 5.02 Å². The SMILES string of the molecule is Fc1cc(Cl)ccc1-c1ocnc1CCl. The van der Waals surface area contributed by atoms with Gasteiger partial charge in [-0.15, -0.1) is 11.6 Å². The summed E-state index contributed by atoms with van der Waals surface area (Å²) < 4.78 is 18.6. The highest BCUT2D eigenvalue weighted by Crippen LogP contribution is 2.28. The van der Waals surface area contributed by atoms with Gasteiger partial charge in [-0.3, -0.25) is 0 Å². The molecule has 0 aliphatic rings. The highest BCUT2D eigenvalue weighted by atomic mass is 35.5. The van der Waals surface area contributed by atoms with E-state index in [-0.39, 0.29) is 5.88 Å². The van der Waals surface area contributed by atoms with Gasteiger partial charge in [-0.1, -0.05) is 11.6 Å². The van der Waals surface area contributed by atoms with Crippen LogP contribution in [0.25, 0.3) is 11.3 Å². The molecule has 0 N–H and O–H groups in total. The molecule has 0 aliphatic heterocycles. The molecule has 0 fully saturated rings. The molecule has 78 valence electrons. The molecule has 2 aromatic rings. The molecule has 0 amide bonds. The molecule has 0 radical (unpaired) electrons. The Labute approximate surface area is 95.6 Å². The molecule has 0 bridgehead atoms. The van der Waals surface area contributed by atoms with Crippen LogP contribution in [0.1, 0.15) is 5.69 Å². The van der Waals surface area contributed by atoms with E-state index in [1.165, 1.54) is 18.5 Å². The summed E-state index contributed by atoms with van der Waals surface area (Å²) >= 11 is 11.3. The monoisotopic (exact) mass is 245 g/mol. The van der Waals surface area contributed by atoms with Gasteiger partial charge in [0.1, 0.15) is 11.5 Å². The lowest BCUT2D eigenvalue weighted by molar-refractivity contribution is 0.560. The average molecular weight is 246 g/mol. The van der Waals surface area contributed by atoms with E-state index in [9.17, 15) is 4.39 Å². The minimum atomic E-state index is -0.453. The number of rotatable bonds is 2. The van der Waals surface area contributed by atoms with Crippen molar-refractivity contribution in [2.45, 2.75) is 5.88 Å². The Bertz CT molecular complexity index is 484. The Kier molecular flexibility index (Phi) is 2.93. The maximum absolute atomic E-state index is 13.5. The first-order valence-corrected chi connectivity index (χ1v) is 5.07. The minimum absolute atomic E-state index is 0.175. The first-order chi connectivity index (χ1) is 7.22. The van der Waals surface area contributed by atoms with E-state index >= 15 is 0 Å². The van der Waals surface area contributed by atoms with Crippen molar-refractivity contribution in [1.82, 2.24) is 4.98 Å². The number of aromatic nitrogens is 1. The summed E-state index contributed by atoms with van der Waals surface area (Å²) in [6, 6.07) is 4.34.